The molecule has 26 heavy (non-hydrogen) atoms. The van der Waals surface area contributed by atoms with Gasteiger partial charge in [0.25, 0.3) is 0 Å². The Hall–Kier alpha value is -2.10. The van der Waals surface area contributed by atoms with Crippen molar-refractivity contribution in [1.29, 1.82) is 0 Å². The zero-order chi connectivity index (χ0) is 18.6. The van der Waals surface area contributed by atoms with E-state index >= 15 is 0 Å². The Bertz CT molecular complexity index is 668. The van der Waals surface area contributed by atoms with Gasteiger partial charge in [0.05, 0.1) is 6.04 Å². The Morgan fingerprint density at radius 3 is 2.00 bits per heavy atom. The van der Waals surface area contributed by atoms with Crippen molar-refractivity contribution in [3.05, 3.63) is 94.9 Å². The molecule has 0 aromatic heterocycles. The minimum atomic E-state index is -0.130. The molecule has 0 bridgehead atoms. The summed E-state index contributed by atoms with van der Waals surface area (Å²) in [6.45, 7) is 5.62. The molecule has 0 saturated heterocycles. The summed E-state index contributed by atoms with van der Waals surface area (Å²) >= 11 is 1.74. The Balaban J connectivity index is 2.12. The first-order valence-electron chi connectivity index (χ1n) is 8.92. The number of hydrogen-bond acceptors (Lipinski definition) is 3. The van der Waals surface area contributed by atoms with Crippen LogP contribution in [-0.2, 0) is 17.9 Å². The van der Waals surface area contributed by atoms with Crippen LogP contribution in [0.15, 0.2) is 83.8 Å². The molecular weight excluding hydrogens is 338 g/mol. The first-order valence-corrected chi connectivity index (χ1v) is 9.91. The normalized spacial score (nSPS) is 13.3. The standard InChI is InChI=1S/C23H27NOS/c1-3-4-11-20(2)26-19-23(18-25)24(16-21-12-7-5-8-13-21)17-22-14-9-6-10-15-22/h3-15,18,23H,16-17,19H2,1-2H3/b4-3-,20-11+. The molecule has 0 fully saturated rings. The van der Waals surface area contributed by atoms with E-state index in [9.17, 15) is 4.79 Å². The molecule has 2 rings (SSSR count). The van der Waals surface area contributed by atoms with E-state index in [1.165, 1.54) is 16.0 Å². The lowest BCUT2D eigenvalue weighted by molar-refractivity contribution is -0.112. The Labute approximate surface area is 161 Å². The van der Waals surface area contributed by atoms with E-state index in [4.69, 9.17) is 0 Å². The third-order valence-electron chi connectivity index (χ3n) is 4.09. The summed E-state index contributed by atoms with van der Waals surface area (Å²) < 4.78 is 0. The first-order chi connectivity index (χ1) is 12.7. The Morgan fingerprint density at radius 2 is 1.54 bits per heavy atom. The number of aldehydes is 1. The van der Waals surface area contributed by atoms with E-state index < -0.39 is 0 Å². The average molecular weight is 366 g/mol. The van der Waals surface area contributed by atoms with Crippen LogP contribution in [0, 0.1) is 0 Å². The fraction of sp³-hybridized carbons (Fsp3) is 0.261. The smallest absolute Gasteiger partial charge is 0.137 e. The van der Waals surface area contributed by atoms with Gasteiger partial charge in [-0.05, 0) is 29.9 Å². The third-order valence-corrected chi connectivity index (χ3v) is 5.19. The van der Waals surface area contributed by atoms with E-state index in [2.05, 4.69) is 42.2 Å². The van der Waals surface area contributed by atoms with E-state index in [1.807, 2.05) is 55.5 Å². The molecule has 0 heterocycles. The summed E-state index contributed by atoms with van der Waals surface area (Å²) in [6.07, 6.45) is 7.22. The van der Waals surface area contributed by atoms with E-state index in [1.54, 1.807) is 11.8 Å². The molecule has 0 aliphatic carbocycles. The average Bonchev–Trinajstić information content (AvgIpc) is 2.68. The second kappa shape index (κ2) is 11.5. The van der Waals surface area contributed by atoms with Crippen LogP contribution in [0.25, 0.3) is 0 Å². The molecule has 2 aromatic rings. The van der Waals surface area contributed by atoms with Crippen molar-refractivity contribution >= 4 is 18.0 Å². The number of carbonyl (C=O) groups excluding carboxylic acids is 1. The molecule has 0 aliphatic heterocycles. The number of rotatable bonds is 10. The van der Waals surface area contributed by atoms with Crippen LogP contribution in [0.1, 0.15) is 25.0 Å². The van der Waals surface area contributed by atoms with Crippen molar-refractivity contribution in [1.82, 2.24) is 4.90 Å². The molecule has 2 nitrogen and oxygen atoms in total. The van der Waals surface area contributed by atoms with Gasteiger partial charge in [0, 0.05) is 18.8 Å². The van der Waals surface area contributed by atoms with E-state index in [0.717, 1.165) is 25.1 Å². The van der Waals surface area contributed by atoms with Gasteiger partial charge in [-0.25, -0.2) is 0 Å². The minimum Gasteiger partial charge on any atom is -0.302 e. The lowest BCUT2D eigenvalue weighted by atomic mass is 10.1. The maximum Gasteiger partial charge on any atom is 0.137 e. The predicted octanol–water partition coefficient (Wildman–Crippen LogP) is 5.47. The molecule has 1 atom stereocenters. The highest BCUT2D eigenvalue weighted by molar-refractivity contribution is 8.03. The van der Waals surface area contributed by atoms with Gasteiger partial charge in [-0.1, -0.05) is 78.9 Å². The highest BCUT2D eigenvalue weighted by Crippen LogP contribution is 2.20. The van der Waals surface area contributed by atoms with Crippen molar-refractivity contribution in [2.24, 2.45) is 0 Å². The quantitative estimate of drug-likeness (QED) is 0.411. The highest BCUT2D eigenvalue weighted by atomic mass is 32.2. The Kier molecular flexibility index (Phi) is 8.94. The van der Waals surface area contributed by atoms with E-state index in [0.29, 0.717) is 0 Å². The number of hydrogen-bond donors (Lipinski definition) is 0. The fourth-order valence-corrected chi connectivity index (χ4v) is 3.55. The van der Waals surface area contributed by atoms with Gasteiger partial charge in [-0.3, -0.25) is 4.90 Å². The maximum atomic E-state index is 11.9. The van der Waals surface area contributed by atoms with Crippen LogP contribution < -0.4 is 0 Å². The number of nitrogens with zero attached hydrogens (tertiary/aromatic N) is 1. The predicted molar refractivity (Wildman–Crippen MR) is 113 cm³/mol. The third kappa shape index (κ3) is 7.03. The van der Waals surface area contributed by atoms with Gasteiger partial charge >= 0.3 is 0 Å². The van der Waals surface area contributed by atoms with Crippen molar-refractivity contribution < 1.29 is 4.79 Å². The molecule has 0 amide bonds. The minimum absolute atomic E-state index is 0.130. The molecule has 0 spiro atoms. The number of allylic oxidation sites excluding steroid dienone is 4. The lowest BCUT2D eigenvalue weighted by Gasteiger charge is -2.28. The Morgan fingerprint density at radius 1 is 1.00 bits per heavy atom. The summed E-state index contributed by atoms with van der Waals surface area (Å²) in [5.41, 5.74) is 2.45. The lowest BCUT2D eigenvalue weighted by Crippen LogP contribution is -2.37. The van der Waals surface area contributed by atoms with Crippen LogP contribution in [0.2, 0.25) is 0 Å². The second-order valence-corrected chi connectivity index (χ2v) is 7.46. The van der Waals surface area contributed by atoms with Gasteiger partial charge < -0.3 is 4.79 Å². The van der Waals surface area contributed by atoms with Crippen molar-refractivity contribution in [3.8, 4) is 0 Å². The van der Waals surface area contributed by atoms with Crippen molar-refractivity contribution in [3.63, 3.8) is 0 Å². The molecule has 0 aliphatic rings. The fourth-order valence-electron chi connectivity index (χ4n) is 2.65. The van der Waals surface area contributed by atoms with Crippen LogP contribution in [0.5, 0.6) is 0 Å². The summed E-state index contributed by atoms with van der Waals surface area (Å²) in [5.74, 6) is 0.753. The van der Waals surface area contributed by atoms with Gasteiger partial charge in [0.15, 0.2) is 0 Å². The molecule has 0 N–H and O–H groups in total. The molecule has 2 aromatic carbocycles. The summed E-state index contributed by atoms with van der Waals surface area (Å²) in [7, 11) is 0. The maximum absolute atomic E-state index is 11.9. The molecule has 0 radical (unpaired) electrons. The topological polar surface area (TPSA) is 20.3 Å². The van der Waals surface area contributed by atoms with Crippen molar-refractivity contribution in [2.45, 2.75) is 33.0 Å². The van der Waals surface area contributed by atoms with E-state index in [-0.39, 0.29) is 6.04 Å². The van der Waals surface area contributed by atoms with Crippen LogP contribution >= 0.6 is 11.8 Å². The van der Waals surface area contributed by atoms with Gasteiger partial charge in [0.1, 0.15) is 6.29 Å². The number of benzene rings is 2. The van der Waals surface area contributed by atoms with Gasteiger partial charge in [-0.15, -0.1) is 11.8 Å². The first kappa shape index (κ1) is 20.2. The molecule has 136 valence electrons. The summed E-state index contributed by atoms with van der Waals surface area (Å²) in [5, 5.41) is 0. The van der Waals surface area contributed by atoms with Crippen LogP contribution in [0.4, 0.5) is 0 Å². The van der Waals surface area contributed by atoms with Gasteiger partial charge in [-0.2, -0.15) is 0 Å². The zero-order valence-electron chi connectivity index (χ0n) is 15.5. The second-order valence-electron chi connectivity index (χ2n) is 6.19. The van der Waals surface area contributed by atoms with Crippen LogP contribution in [0.3, 0.4) is 0 Å². The highest BCUT2D eigenvalue weighted by Gasteiger charge is 2.19. The SMILES string of the molecule is C/C=C\C=C(/C)SCC(C=O)N(Cc1ccccc1)Cc1ccccc1. The molecule has 3 heteroatoms. The van der Waals surface area contributed by atoms with Crippen molar-refractivity contribution in [2.75, 3.05) is 5.75 Å². The summed E-state index contributed by atoms with van der Waals surface area (Å²) in [6, 6.07) is 20.6. The summed E-state index contributed by atoms with van der Waals surface area (Å²) in [4.78, 5) is 15.3. The molecule has 1 unspecified atom stereocenters. The van der Waals surface area contributed by atoms with Crippen LogP contribution in [-0.4, -0.2) is 23.0 Å². The molecular formula is C23H27NOS. The largest absolute Gasteiger partial charge is 0.302 e. The zero-order valence-corrected chi connectivity index (χ0v) is 16.4. The number of carbonyl (C=O) groups is 1. The van der Waals surface area contributed by atoms with Gasteiger partial charge in [0.2, 0.25) is 0 Å². The molecule has 0 saturated carbocycles. The monoisotopic (exact) mass is 365 g/mol. The number of thioether (sulfide) groups is 1.